The van der Waals surface area contributed by atoms with Gasteiger partial charge in [-0.3, -0.25) is 4.98 Å². The van der Waals surface area contributed by atoms with Crippen LogP contribution >= 0.6 is 11.3 Å². The summed E-state index contributed by atoms with van der Waals surface area (Å²) in [6.45, 7) is 0.660. The number of anilines is 2. The number of benzene rings is 1. The van der Waals surface area contributed by atoms with Gasteiger partial charge in [-0.2, -0.15) is 4.98 Å². The number of hydrogen-bond acceptors (Lipinski definition) is 6. The van der Waals surface area contributed by atoms with Crippen LogP contribution in [0.15, 0.2) is 34.3 Å². The lowest BCUT2D eigenvalue weighted by Crippen LogP contribution is -1.96. The third kappa shape index (κ3) is 2.07. The summed E-state index contributed by atoms with van der Waals surface area (Å²) in [6, 6.07) is 5.91. The molecule has 0 radical (unpaired) electrons. The van der Waals surface area contributed by atoms with E-state index in [2.05, 4.69) is 15.3 Å². The predicted octanol–water partition coefficient (Wildman–Crippen LogP) is 2.48. The number of aromatic nitrogens is 2. The van der Waals surface area contributed by atoms with Crippen molar-refractivity contribution in [2.45, 2.75) is 6.54 Å². The molecule has 6 heteroatoms. The molecule has 3 rings (SSSR count). The molecule has 17 heavy (non-hydrogen) atoms. The Kier molecular flexibility index (Phi) is 2.41. The first-order valence-electron chi connectivity index (χ1n) is 5.08. The summed E-state index contributed by atoms with van der Waals surface area (Å²) in [5, 5.41) is 3.11. The Morgan fingerprint density at radius 2 is 2.35 bits per heavy atom. The molecule has 0 saturated carbocycles. The summed E-state index contributed by atoms with van der Waals surface area (Å²) in [5.74, 6) is 0. The Labute approximate surface area is 101 Å². The van der Waals surface area contributed by atoms with Gasteiger partial charge in [0.25, 0.3) is 6.01 Å². The highest BCUT2D eigenvalue weighted by Crippen LogP contribution is 2.21. The first-order chi connectivity index (χ1) is 8.31. The molecule has 1 aromatic carbocycles. The molecule has 5 nitrogen and oxygen atoms in total. The third-order valence-corrected chi connectivity index (χ3v) is 3.09. The molecule has 2 heterocycles. The topological polar surface area (TPSA) is 77.0 Å². The first kappa shape index (κ1) is 10.1. The van der Waals surface area contributed by atoms with Gasteiger partial charge >= 0.3 is 0 Å². The summed E-state index contributed by atoms with van der Waals surface area (Å²) < 4.78 is 5.53. The molecular formula is C11H10N4OS. The monoisotopic (exact) mass is 246 g/mol. The van der Waals surface area contributed by atoms with Crippen LogP contribution in [0.25, 0.3) is 11.1 Å². The lowest BCUT2D eigenvalue weighted by Gasteiger charge is -1.96. The highest BCUT2D eigenvalue weighted by atomic mass is 32.1. The van der Waals surface area contributed by atoms with Crippen molar-refractivity contribution in [2.24, 2.45) is 0 Å². The third-order valence-electron chi connectivity index (χ3n) is 2.31. The van der Waals surface area contributed by atoms with Crippen molar-refractivity contribution < 1.29 is 4.42 Å². The normalized spacial score (nSPS) is 10.8. The summed E-state index contributed by atoms with van der Waals surface area (Å²) >= 11 is 1.59. The van der Waals surface area contributed by atoms with Crippen LogP contribution in [0.2, 0.25) is 0 Å². The van der Waals surface area contributed by atoms with Crippen LogP contribution in [-0.2, 0) is 6.54 Å². The van der Waals surface area contributed by atoms with Gasteiger partial charge in [-0.1, -0.05) is 0 Å². The number of nitrogen functional groups attached to an aromatic ring is 1. The fourth-order valence-electron chi connectivity index (χ4n) is 1.51. The quantitative estimate of drug-likeness (QED) is 0.694. The van der Waals surface area contributed by atoms with Crippen LogP contribution in [0.1, 0.15) is 4.88 Å². The average molecular weight is 246 g/mol. The number of oxazole rings is 1. The maximum absolute atomic E-state index is 5.67. The highest BCUT2D eigenvalue weighted by Gasteiger charge is 2.05. The van der Waals surface area contributed by atoms with E-state index in [1.165, 1.54) is 0 Å². The van der Waals surface area contributed by atoms with Gasteiger partial charge in [-0.15, -0.1) is 11.3 Å². The van der Waals surface area contributed by atoms with Gasteiger partial charge in [-0.05, 0) is 12.1 Å². The minimum Gasteiger partial charge on any atom is -0.423 e. The van der Waals surface area contributed by atoms with E-state index in [-0.39, 0.29) is 0 Å². The Balaban J connectivity index is 1.81. The molecule has 86 valence electrons. The van der Waals surface area contributed by atoms with Crippen LogP contribution in [0.4, 0.5) is 11.7 Å². The number of hydrogen-bond donors (Lipinski definition) is 2. The van der Waals surface area contributed by atoms with E-state index >= 15 is 0 Å². The maximum atomic E-state index is 5.67. The molecule has 0 aliphatic heterocycles. The molecule has 3 aromatic rings. The highest BCUT2D eigenvalue weighted by molar-refractivity contribution is 7.09. The van der Waals surface area contributed by atoms with E-state index in [0.29, 0.717) is 23.8 Å². The first-order valence-corrected chi connectivity index (χ1v) is 5.96. The van der Waals surface area contributed by atoms with Crippen molar-refractivity contribution in [3.05, 3.63) is 34.8 Å². The molecular weight excluding hydrogens is 236 g/mol. The second-order valence-electron chi connectivity index (χ2n) is 3.57. The van der Waals surface area contributed by atoms with Crippen molar-refractivity contribution in [3.63, 3.8) is 0 Å². The molecule has 0 fully saturated rings. The SMILES string of the molecule is Nc1ccc2nc(NCc3cncs3)oc2c1. The van der Waals surface area contributed by atoms with Crippen LogP contribution in [0.5, 0.6) is 0 Å². The van der Waals surface area contributed by atoms with Gasteiger partial charge in [0.05, 0.1) is 12.1 Å². The van der Waals surface area contributed by atoms with Crippen molar-refractivity contribution >= 4 is 34.1 Å². The van der Waals surface area contributed by atoms with Crippen LogP contribution in [0.3, 0.4) is 0 Å². The molecule has 0 spiro atoms. The Hall–Kier alpha value is -2.08. The zero-order chi connectivity index (χ0) is 11.7. The van der Waals surface area contributed by atoms with E-state index in [4.69, 9.17) is 10.2 Å². The molecule has 2 aromatic heterocycles. The predicted molar refractivity (Wildman–Crippen MR) is 67.9 cm³/mol. The van der Waals surface area contributed by atoms with Gasteiger partial charge in [0.1, 0.15) is 5.52 Å². The Bertz CT molecular complexity index is 632. The van der Waals surface area contributed by atoms with E-state index in [1.54, 1.807) is 29.0 Å². The standard InChI is InChI=1S/C11H10N4OS/c12-7-1-2-9-10(3-7)16-11(15-9)14-5-8-4-13-6-17-8/h1-4,6H,5,12H2,(H,14,15). The number of nitrogens with zero attached hydrogens (tertiary/aromatic N) is 2. The largest absolute Gasteiger partial charge is 0.423 e. The van der Waals surface area contributed by atoms with E-state index in [0.717, 1.165) is 10.4 Å². The summed E-state index contributed by atoms with van der Waals surface area (Å²) in [4.78, 5) is 9.44. The number of nitrogens with two attached hydrogens (primary N) is 1. The smallest absolute Gasteiger partial charge is 0.295 e. The van der Waals surface area contributed by atoms with Crippen LogP contribution in [0, 0.1) is 0 Å². The minimum absolute atomic E-state index is 0.499. The summed E-state index contributed by atoms with van der Waals surface area (Å²) in [5.41, 5.74) is 9.62. The van der Waals surface area contributed by atoms with Gasteiger partial charge in [0.15, 0.2) is 5.58 Å². The van der Waals surface area contributed by atoms with Crippen molar-refractivity contribution in [3.8, 4) is 0 Å². The fourth-order valence-corrected chi connectivity index (χ4v) is 2.04. The molecule has 0 aliphatic carbocycles. The van der Waals surface area contributed by atoms with Crippen molar-refractivity contribution in [1.82, 2.24) is 9.97 Å². The molecule has 0 atom stereocenters. The number of fused-ring (bicyclic) bond motifs is 1. The lowest BCUT2D eigenvalue weighted by molar-refractivity contribution is 0.615. The maximum Gasteiger partial charge on any atom is 0.295 e. The average Bonchev–Trinajstić information content (AvgIpc) is 2.94. The molecule has 0 bridgehead atoms. The number of nitrogens with one attached hydrogen (secondary N) is 1. The minimum atomic E-state index is 0.499. The van der Waals surface area contributed by atoms with Gasteiger partial charge < -0.3 is 15.5 Å². The van der Waals surface area contributed by atoms with Crippen LogP contribution in [-0.4, -0.2) is 9.97 Å². The van der Waals surface area contributed by atoms with Crippen molar-refractivity contribution in [1.29, 1.82) is 0 Å². The van der Waals surface area contributed by atoms with Crippen molar-refractivity contribution in [2.75, 3.05) is 11.1 Å². The fraction of sp³-hybridized carbons (Fsp3) is 0.0909. The molecule has 0 aliphatic rings. The summed E-state index contributed by atoms with van der Waals surface area (Å²) in [7, 11) is 0. The van der Waals surface area contributed by atoms with Gasteiger partial charge in [0.2, 0.25) is 0 Å². The van der Waals surface area contributed by atoms with Gasteiger partial charge in [-0.25, -0.2) is 0 Å². The molecule has 3 N–H and O–H groups in total. The van der Waals surface area contributed by atoms with Crippen LogP contribution < -0.4 is 11.1 Å². The number of thiazole rings is 1. The summed E-state index contributed by atoms with van der Waals surface area (Å²) in [6.07, 6.45) is 1.82. The van der Waals surface area contributed by atoms with E-state index < -0.39 is 0 Å². The lowest BCUT2D eigenvalue weighted by atomic mass is 10.3. The van der Waals surface area contributed by atoms with E-state index in [1.807, 2.05) is 12.3 Å². The molecule has 0 unspecified atom stereocenters. The zero-order valence-corrected chi connectivity index (χ0v) is 9.70. The zero-order valence-electron chi connectivity index (χ0n) is 8.88. The Morgan fingerprint density at radius 1 is 1.41 bits per heavy atom. The number of rotatable bonds is 3. The Morgan fingerprint density at radius 3 is 3.18 bits per heavy atom. The second-order valence-corrected chi connectivity index (χ2v) is 4.54. The second kappa shape index (κ2) is 4.06. The van der Waals surface area contributed by atoms with E-state index in [9.17, 15) is 0 Å². The molecule has 0 amide bonds. The molecule has 0 saturated heterocycles. The van der Waals surface area contributed by atoms with Gasteiger partial charge in [0, 0.05) is 22.8 Å².